The fourth-order valence-electron chi connectivity index (χ4n) is 1.88. The van der Waals surface area contributed by atoms with E-state index < -0.39 is 14.6 Å². The number of halogens is 2. The van der Waals surface area contributed by atoms with Gasteiger partial charge in [-0.25, -0.2) is 12.8 Å². The molecule has 6 heteroatoms. The Balaban J connectivity index is 3.11. The summed E-state index contributed by atoms with van der Waals surface area (Å²) < 4.78 is 36.7. The summed E-state index contributed by atoms with van der Waals surface area (Å²) in [5.41, 5.74) is 0.746. The smallest absolute Gasteiger partial charge is 0.154 e. The second kappa shape index (κ2) is 5.89. The van der Waals surface area contributed by atoms with Crippen LogP contribution in [0.1, 0.15) is 19.4 Å². The number of likely N-dealkylation sites (N-methyl/N-ethyl adjacent to an activating group) is 1. The fourth-order valence-corrected chi connectivity index (χ4v) is 3.02. The Morgan fingerprint density at radius 2 is 2.00 bits per heavy atom. The molecule has 0 heterocycles. The third kappa shape index (κ3) is 3.55. The molecule has 1 unspecified atom stereocenters. The molecule has 0 aromatic heterocycles. The minimum atomic E-state index is -3.23. The van der Waals surface area contributed by atoms with Crippen molar-refractivity contribution in [3.05, 3.63) is 34.1 Å². The molecule has 1 aromatic rings. The zero-order valence-electron chi connectivity index (χ0n) is 11.5. The largest absolute Gasteiger partial charge is 0.315 e. The predicted octanol–water partition coefficient (Wildman–Crippen LogP) is 2.54. The summed E-state index contributed by atoms with van der Waals surface area (Å²) in [7, 11) is -1.52. The van der Waals surface area contributed by atoms with Gasteiger partial charge in [-0.2, -0.15) is 0 Å². The highest BCUT2D eigenvalue weighted by atomic mass is 79.9. The van der Waals surface area contributed by atoms with Gasteiger partial charge in [0.2, 0.25) is 0 Å². The first kappa shape index (κ1) is 16.6. The lowest BCUT2D eigenvalue weighted by atomic mass is 9.95. The van der Waals surface area contributed by atoms with Crippen molar-refractivity contribution in [3.8, 4) is 0 Å². The molecule has 0 radical (unpaired) electrons. The van der Waals surface area contributed by atoms with Crippen molar-refractivity contribution in [2.75, 3.05) is 13.3 Å². The van der Waals surface area contributed by atoms with Crippen LogP contribution in [0.25, 0.3) is 0 Å². The van der Waals surface area contributed by atoms with Crippen LogP contribution < -0.4 is 5.32 Å². The molecule has 1 atom stereocenters. The van der Waals surface area contributed by atoms with Crippen LogP contribution in [-0.2, 0) is 16.3 Å². The maximum Gasteiger partial charge on any atom is 0.154 e. The van der Waals surface area contributed by atoms with E-state index >= 15 is 0 Å². The van der Waals surface area contributed by atoms with E-state index in [1.807, 2.05) is 0 Å². The van der Waals surface area contributed by atoms with Gasteiger partial charge in [-0.1, -0.05) is 12.1 Å². The number of sulfone groups is 1. The maximum atomic E-state index is 13.5. The van der Waals surface area contributed by atoms with Crippen molar-refractivity contribution in [3.63, 3.8) is 0 Å². The Labute approximate surface area is 122 Å². The van der Waals surface area contributed by atoms with Gasteiger partial charge in [0.15, 0.2) is 9.84 Å². The zero-order chi connectivity index (χ0) is 14.8. The molecule has 108 valence electrons. The molecule has 19 heavy (non-hydrogen) atoms. The van der Waals surface area contributed by atoms with E-state index in [1.54, 1.807) is 33.0 Å². The average molecular weight is 352 g/mol. The van der Waals surface area contributed by atoms with Gasteiger partial charge in [0.1, 0.15) is 5.82 Å². The van der Waals surface area contributed by atoms with E-state index in [1.165, 1.54) is 12.3 Å². The van der Waals surface area contributed by atoms with Gasteiger partial charge in [0, 0.05) is 12.3 Å². The minimum Gasteiger partial charge on any atom is -0.315 e. The maximum absolute atomic E-state index is 13.5. The summed E-state index contributed by atoms with van der Waals surface area (Å²) in [4.78, 5) is 0. The number of hydrogen-bond acceptors (Lipinski definition) is 3. The molecule has 0 bridgehead atoms. The summed E-state index contributed by atoms with van der Waals surface area (Å²) in [5, 5.41) is 3.02. The van der Waals surface area contributed by atoms with Crippen molar-refractivity contribution in [2.45, 2.75) is 31.1 Å². The van der Waals surface area contributed by atoms with Gasteiger partial charge in [-0.05, 0) is 54.9 Å². The van der Waals surface area contributed by atoms with E-state index in [4.69, 9.17) is 0 Å². The Bertz CT molecular complexity index is 558. The first-order valence-electron chi connectivity index (χ1n) is 5.91. The molecule has 1 aromatic carbocycles. The molecular weight excluding hydrogens is 333 g/mol. The number of nitrogens with one attached hydrogen (secondary N) is 1. The molecule has 0 spiro atoms. The van der Waals surface area contributed by atoms with Crippen LogP contribution in [0.2, 0.25) is 0 Å². The molecule has 0 amide bonds. The van der Waals surface area contributed by atoms with Crippen LogP contribution in [0.3, 0.4) is 0 Å². The summed E-state index contributed by atoms with van der Waals surface area (Å²) in [5.74, 6) is -0.343. The van der Waals surface area contributed by atoms with Crippen LogP contribution >= 0.6 is 15.9 Å². The van der Waals surface area contributed by atoms with Crippen LogP contribution in [0.4, 0.5) is 4.39 Å². The zero-order valence-corrected chi connectivity index (χ0v) is 13.9. The van der Waals surface area contributed by atoms with Crippen LogP contribution in [0.5, 0.6) is 0 Å². The summed E-state index contributed by atoms with van der Waals surface area (Å²) >= 11 is 3.20. The molecule has 0 saturated heterocycles. The number of benzene rings is 1. The van der Waals surface area contributed by atoms with E-state index in [2.05, 4.69) is 21.2 Å². The van der Waals surface area contributed by atoms with Crippen molar-refractivity contribution in [1.29, 1.82) is 0 Å². The van der Waals surface area contributed by atoms with E-state index in [9.17, 15) is 12.8 Å². The summed E-state index contributed by atoms with van der Waals surface area (Å²) in [6.07, 6.45) is 1.65. The molecule has 0 aliphatic carbocycles. The lowest BCUT2D eigenvalue weighted by Gasteiger charge is -2.32. The van der Waals surface area contributed by atoms with Gasteiger partial charge in [0.05, 0.1) is 9.22 Å². The standard InChI is InChI=1S/C13H19BrFNO2S/c1-13(2,19(4,17)18)11(16-3)8-9-6-5-7-10(15)12(9)14/h5-7,11,16H,8H2,1-4H3. The second-order valence-corrected chi connectivity index (χ2v) is 8.52. The van der Waals surface area contributed by atoms with Crippen molar-refractivity contribution >= 4 is 25.8 Å². The Hall–Kier alpha value is -0.460. The summed E-state index contributed by atoms with van der Waals surface area (Å²) in [6.45, 7) is 3.35. The molecule has 1 N–H and O–H groups in total. The van der Waals surface area contributed by atoms with Gasteiger partial charge in [-0.3, -0.25) is 0 Å². The quantitative estimate of drug-likeness (QED) is 0.886. The first-order valence-corrected chi connectivity index (χ1v) is 8.59. The highest BCUT2D eigenvalue weighted by Crippen LogP contribution is 2.27. The normalized spacial score (nSPS) is 14.4. The molecule has 3 nitrogen and oxygen atoms in total. The topological polar surface area (TPSA) is 46.2 Å². The average Bonchev–Trinajstić information content (AvgIpc) is 2.29. The van der Waals surface area contributed by atoms with Crippen molar-refractivity contribution in [1.82, 2.24) is 5.32 Å². The first-order chi connectivity index (χ1) is 8.61. The lowest BCUT2D eigenvalue weighted by Crippen LogP contribution is -2.51. The fraction of sp³-hybridized carbons (Fsp3) is 0.538. The Morgan fingerprint density at radius 1 is 1.42 bits per heavy atom. The predicted molar refractivity (Wildman–Crippen MR) is 79.6 cm³/mol. The van der Waals surface area contributed by atoms with E-state index in [0.29, 0.717) is 10.9 Å². The van der Waals surface area contributed by atoms with Gasteiger partial charge < -0.3 is 5.32 Å². The van der Waals surface area contributed by atoms with Gasteiger partial charge >= 0.3 is 0 Å². The van der Waals surface area contributed by atoms with E-state index in [-0.39, 0.29) is 11.9 Å². The number of hydrogen-bond donors (Lipinski definition) is 1. The molecule has 0 saturated carbocycles. The Kier molecular flexibility index (Phi) is 5.15. The second-order valence-electron chi connectivity index (χ2n) is 5.13. The monoisotopic (exact) mass is 351 g/mol. The Morgan fingerprint density at radius 3 is 2.47 bits per heavy atom. The summed E-state index contributed by atoms with van der Waals surface area (Å²) in [6, 6.07) is 4.47. The van der Waals surface area contributed by atoms with Crippen molar-refractivity contribution < 1.29 is 12.8 Å². The van der Waals surface area contributed by atoms with Crippen LogP contribution in [-0.4, -0.2) is 32.5 Å². The molecule has 1 rings (SSSR count). The molecule has 0 aliphatic rings. The van der Waals surface area contributed by atoms with Crippen molar-refractivity contribution in [2.24, 2.45) is 0 Å². The molecular formula is C13H19BrFNO2S. The highest BCUT2D eigenvalue weighted by Gasteiger charge is 2.38. The molecule has 0 fully saturated rings. The highest BCUT2D eigenvalue weighted by molar-refractivity contribution is 9.10. The third-order valence-corrected chi connectivity index (χ3v) is 6.68. The van der Waals surface area contributed by atoms with E-state index in [0.717, 1.165) is 5.56 Å². The lowest BCUT2D eigenvalue weighted by molar-refractivity contribution is 0.429. The number of rotatable bonds is 5. The SMILES string of the molecule is CNC(Cc1cccc(F)c1Br)C(C)(C)S(C)(=O)=O. The van der Waals surface area contributed by atoms with Crippen LogP contribution in [0, 0.1) is 5.82 Å². The molecule has 0 aliphatic heterocycles. The van der Waals surface area contributed by atoms with Gasteiger partial charge in [0.25, 0.3) is 0 Å². The third-order valence-electron chi connectivity index (χ3n) is 3.60. The van der Waals surface area contributed by atoms with Gasteiger partial charge in [-0.15, -0.1) is 0 Å². The minimum absolute atomic E-state index is 0.305. The van der Waals surface area contributed by atoms with Crippen LogP contribution in [0.15, 0.2) is 22.7 Å².